The molecule has 0 aliphatic heterocycles. The van der Waals surface area contributed by atoms with Gasteiger partial charge in [-0.25, -0.2) is 4.98 Å². The van der Waals surface area contributed by atoms with Crippen LogP contribution < -0.4 is 10.1 Å². The zero-order chi connectivity index (χ0) is 20.5. The summed E-state index contributed by atoms with van der Waals surface area (Å²) in [6.45, 7) is 6.33. The lowest BCUT2D eigenvalue weighted by Gasteiger charge is -2.30. The highest BCUT2D eigenvalue weighted by Gasteiger charge is 2.25. The third kappa shape index (κ3) is 3.99. The van der Waals surface area contributed by atoms with Crippen LogP contribution in [0.15, 0.2) is 29.0 Å². The number of carbonyl (C=O) groups excluding carboxylic acids is 1. The van der Waals surface area contributed by atoms with Gasteiger partial charge in [0.25, 0.3) is 5.91 Å². The Morgan fingerprint density at radius 2 is 2.03 bits per heavy atom. The van der Waals surface area contributed by atoms with Crippen LogP contribution in [0.1, 0.15) is 62.0 Å². The summed E-state index contributed by atoms with van der Waals surface area (Å²) in [5, 5.41) is 8.64. The van der Waals surface area contributed by atoms with Gasteiger partial charge in [0, 0.05) is 24.6 Å². The summed E-state index contributed by atoms with van der Waals surface area (Å²) in [6.07, 6.45) is 8.24. The van der Waals surface area contributed by atoms with E-state index in [2.05, 4.69) is 35.0 Å². The van der Waals surface area contributed by atoms with Crippen LogP contribution in [0, 0.1) is 18.8 Å². The maximum absolute atomic E-state index is 12.5. The van der Waals surface area contributed by atoms with Crippen molar-refractivity contribution < 1.29 is 13.9 Å². The van der Waals surface area contributed by atoms with Gasteiger partial charge in [-0.2, -0.15) is 5.10 Å². The van der Waals surface area contributed by atoms with E-state index < -0.39 is 0 Å². The molecule has 0 unspecified atom stereocenters. The average Bonchev–Trinajstić information content (AvgIpc) is 3.33. The highest BCUT2D eigenvalue weighted by Crippen LogP contribution is 2.37. The zero-order valence-corrected chi connectivity index (χ0v) is 17.4. The summed E-state index contributed by atoms with van der Waals surface area (Å²) < 4.78 is 12.7. The fourth-order valence-corrected chi connectivity index (χ4v) is 4.21. The molecule has 1 saturated carbocycles. The molecule has 7 heteroatoms. The number of oxazole rings is 1. The van der Waals surface area contributed by atoms with Gasteiger partial charge in [0.2, 0.25) is 0 Å². The number of rotatable bonds is 5. The summed E-state index contributed by atoms with van der Waals surface area (Å²) in [5.74, 6) is 2.25. The fourth-order valence-electron chi connectivity index (χ4n) is 4.21. The Labute approximate surface area is 170 Å². The number of benzene rings is 1. The molecular weight excluding hydrogens is 368 g/mol. The van der Waals surface area contributed by atoms with Crippen molar-refractivity contribution in [1.82, 2.24) is 14.8 Å². The standard InChI is InChI=1S/C22H28N4O3/c1-13(2)15-5-7-17(8-6-15)26-11-16-9-19(21(28-4)10-18(16)25-26)24-22(27)20-12-29-14(3)23-20/h9-13,15,17H,5-8H2,1-4H3,(H,24,27). The normalized spacial score (nSPS) is 19.6. The number of aromatic nitrogens is 3. The SMILES string of the molecule is COc1cc2nn(C3CCC(C(C)C)CC3)cc2cc1NC(=O)c1coc(C)n1. The minimum atomic E-state index is -0.334. The van der Waals surface area contributed by atoms with Crippen molar-refractivity contribution in [1.29, 1.82) is 0 Å². The third-order valence-electron chi connectivity index (χ3n) is 6.00. The molecule has 3 aromatic rings. The monoisotopic (exact) mass is 396 g/mol. The number of hydrogen-bond acceptors (Lipinski definition) is 5. The van der Waals surface area contributed by atoms with E-state index in [1.165, 1.54) is 19.1 Å². The second-order valence-electron chi connectivity index (χ2n) is 8.24. The molecule has 1 amide bonds. The van der Waals surface area contributed by atoms with Gasteiger partial charge in [-0.1, -0.05) is 13.8 Å². The van der Waals surface area contributed by atoms with Crippen molar-refractivity contribution >= 4 is 22.5 Å². The number of ether oxygens (including phenoxy) is 1. The first-order chi connectivity index (χ1) is 13.9. The van der Waals surface area contributed by atoms with E-state index in [1.54, 1.807) is 14.0 Å². The zero-order valence-electron chi connectivity index (χ0n) is 17.4. The van der Waals surface area contributed by atoms with E-state index in [4.69, 9.17) is 14.3 Å². The van der Waals surface area contributed by atoms with E-state index in [0.717, 1.165) is 35.6 Å². The van der Waals surface area contributed by atoms with Crippen molar-refractivity contribution in [3.8, 4) is 5.75 Å². The van der Waals surface area contributed by atoms with E-state index in [9.17, 15) is 4.79 Å². The van der Waals surface area contributed by atoms with Gasteiger partial charge < -0.3 is 14.5 Å². The van der Waals surface area contributed by atoms with Crippen LogP contribution in [0.3, 0.4) is 0 Å². The highest BCUT2D eigenvalue weighted by atomic mass is 16.5. The molecule has 1 aliphatic rings. The van der Waals surface area contributed by atoms with Crippen LogP contribution >= 0.6 is 0 Å². The van der Waals surface area contributed by atoms with Crippen LogP contribution in [0.2, 0.25) is 0 Å². The predicted octanol–water partition coefficient (Wildman–Crippen LogP) is 4.98. The van der Waals surface area contributed by atoms with Crippen molar-refractivity contribution in [2.24, 2.45) is 11.8 Å². The molecule has 2 heterocycles. The summed E-state index contributed by atoms with van der Waals surface area (Å²) in [7, 11) is 1.58. The molecular formula is C22H28N4O3. The van der Waals surface area contributed by atoms with Crippen molar-refractivity contribution in [2.75, 3.05) is 12.4 Å². The maximum atomic E-state index is 12.5. The Morgan fingerprint density at radius 1 is 1.28 bits per heavy atom. The van der Waals surface area contributed by atoms with Gasteiger partial charge in [0.1, 0.15) is 12.0 Å². The number of methoxy groups -OCH3 is 1. The van der Waals surface area contributed by atoms with Gasteiger partial charge in [-0.3, -0.25) is 9.48 Å². The number of amides is 1. The van der Waals surface area contributed by atoms with E-state index in [0.29, 0.717) is 23.4 Å². The minimum absolute atomic E-state index is 0.238. The minimum Gasteiger partial charge on any atom is -0.494 e. The summed E-state index contributed by atoms with van der Waals surface area (Å²) >= 11 is 0. The number of fused-ring (bicyclic) bond motifs is 1. The number of hydrogen-bond donors (Lipinski definition) is 1. The summed E-state index contributed by atoms with van der Waals surface area (Å²) in [5.41, 5.74) is 1.69. The molecule has 1 fully saturated rings. The number of nitrogens with one attached hydrogen (secondary N) is 1. The van der Waals surface area contributed by atoms with Crippen molar-refractivity contribution in [2.45, 2.75) is 52.5 Å². The Morgan fingerprint density at radius 3 is 2.66 bits per heavy atom. The molecule has 1 N–H and O–H groups in total. The largest absolute Gasteiger partial charge is 0.494 e. The molecule has 0 radical (unpaired) electrons. The van der Waals surface area contributed by atoms with Crippen LogP contribution in [-0.2, 0) is 0 Å². The van der Waals surface area contributed by atoms with E-state index in [-0.39, 0.29) is 11.6 Å². The van der Waals surface area contributed by atoms with E-state index >= 15 is 0 Å². The lowest BCUT2D eigenvalue weighted by Crippen LogP contribution is -2.21. The van der Waals surface area contributed by atoms with Crippen LogP contribution in [0.5, 0.6) is 5.75 Å². The smallest absolute Gasteiger partial charge is 0.277 e. The Balaban J connectivity index is 1.56. The number of anilines is 1. The first kappa shape index (κ1) is 19.5. The van der Waals surface area contributed by atoms with Gasteiger partial charge in [-0.05, 0) is 43.6 Å². The number of aryl methyl sites for hydroxylation is 1. The van der Waals surface area contributed by atoms with Crippen molar-refractivity contribution in [3.05, 3.63) is 36.2 Å². The maximum Gasteiger partial charge on any atom is 0.277 e. The number of nitrogens with zero attached hydrogens (tertiary/aromatic N) is 3. The third-order valence-corrected chi connectivity index (χ3v) is 6.00. The average molecular weight is 396 g/mol. The summed E-state index contributed by atoms with van der Waals surface area (Å²) in [6, 6.07) is 4.21. The Bertz CT molecular complexity index is 1010. The van der Waals surface area contributed by atoms with Gasteiger partial charge >= 0.3 is 0 Å². The molecule has 154 valence electrons. The van der Waals surface area contributed by atoms with Gasteiger partial charge in [0.05, 0.1) is 24.4 Å². The molecule has 0 spiro atoms. The Kier molecular flexibility index (Phi) is 5.30. The van der Waals surface area contributed by atoms with Crippen LogP contribution in [-0.4, -0.2) is 27.8 Å². The fraction of sp³-hybridized carbons (Fsp3) is 0.500. The van der Waals surface area contributed by atoms with Crippen LogP contribution in [0.25, 0.3) is 10.9 Å². The quantitative estimate of drug-likeness (QED) is 0.658. The topological polar surface area (TPSA) is 82.2 Å². The molecule has 0 saturated heterocycles. The molecule has 29 heavy (non-hydrogen) atoms. The molecule has 2 aromatic heterocycles. The molecule has 0 bridgehead atoms. The molecule has 0 atom stereocenters. The van der Waals surface area contributed by atoms with Gasteiger partial charge in [0.15, 0.2) is 11.6 Å². The van der Waals surface area contributed by atoms with Gasteiger partial charge in [-0.15, -0.1) is 0 Å². The molecule has 7 nitrogen and oxygen atoms in total. The molecule has 1 aromatic carbocycles. The molecule has 1 aliphatic carbocycles. The second kappa shape index (κ2) is 7.89. The first-order valence-corrected chi connectivity index (χ1v) is 10.2. The summed E-state index contributed by atoms with van der Waals surface area (Å²) in [4.78, 5) is 16.5. The van der Waals surface area contributed by atoms with Crippen LogP contribution in [0.4, 0.5) is 5.69 Å². The predicted molar refractivity (Wildman–Crippen MR) is 111 cm³/mol. The molecule has 4 rings (SSSR count). The highest BCUT2D eigenvalue weighted by molar-refractivity contribution is 6.04. The lowest BCUT2D eigenvalue weighted by molar-refractivity contribution is 0.102. The first-order valence-electron chi connectivity index (χ1n) is 10.2. The Hall–Kier alpha value is -2.83. The second-order valence-corrected chi connectivity index (χ2v) is 8.24. The van der Waals surface area contributed by atoms with E-state index in [1.807, 2.05) is 12.1 Å². The van der Waals surface area contributed by atoms with Crippen molar-refractivity contribution in [3.63, 3.8) is 0 Å². The lowest BCUT2D eigenvalue weighted by atomic mass is 9.80. The number of carbonyl (C=O) groups is 1.